The van der Waals surface area contributed by atoms with Crippen molar-refractivity contribution in [3.8, 4) is 22.6 Å². The molecule has 2 aromatic carbocycles. The van der Waals surface area contributed by atoms with Crippen molar-refractivity contribution >= 4 is 28.9 Å². The number of hydrogen-bond acceptors (Lipinski definition) is 5. The molecule has 0 saturated carbocycles. The molecule has 1 aliphatic rings. The number of methoxy groups -OCH3 is 2. The first-order valence-corrected chi connectivity index (χ1v) is 9.82. The summed E-state index contributed by atoms with van der Waals surface area (Å²) in [6.45, 7) is 0. The molecule has 6 nitrogen and oxygen atoms in total. The Balaban J connectivity index is 1.92. The number of carbonyl (C=O) groups is 2. The smallest absolute Gasteiger partial charge is 0.346 e. The summed E-state index contributed by atoms with van der Waals surface area (Å²) in [6.07, 6.45) is 0.231. The van der Waals surface area contributed by atoms with Crippen LogP contribution >= 0.6 is 11.3 Å². The highest BCUT2D eigenvalue weighted by atomic mass is 32.1. The van der Waals surface area contributed by atoms with E-state index in [4.69, 9.17) is 9.47 Å². The maximum Gasteiger partial charge on any atom is 0.346 e. The van der Waals surface area contributed by atoms with Crippen LogP contribution in [0.25, 0.3) is 11.1 Å². The Bertz CT molecular complexity index is 1090. The Morgan fingerprint density at radius 2 is 1.83 bits per heavy atom. The highest BCUT2D eigenvalue weighted by Crippen LogP contribution is 2.50. The van der Waals surface area contributed by atoms with Crippen LogP contribution in [0, 0.1) is 0 Å². The van der Waals surface area contributed by atoms with Gasteiger partial charge in [0.15, 0.2) is 0 Å². The molecule has 148 valence electrons. The summed E-state index contributed by atoms with van der Waals surface area (Å²) in [6, 6.07) is 14.7. The predicted octanol–water partition coefficient (Wildman–Crippen LogP) is 4.60. The lowest BCUT2D eigenvalue weighted by Gasteiger charge is -2.25. The molecular weight excluding hydrogens is 390 g/mol. The molecule has 2 heterocycles. The van der Waals surface area contributed by atoms with Crippen LogP contribution in [-0.2, 0) is 4.79 Å². The summed E-state index contributed by atoms with van der Waals surface area (Å²) in [5, 5.41) is 12.8. The highest BCUT2D eigenvalue weighted by Gasteiger charge is 2.35. The third-order valence-electron chi connectivity index (χ3n) is 4.99. The molecule has 0 bridgehead atoms. The number of hydrogen-bond donors (Lipinski definition) is 2. The number of amides is 1. The Labute approximate surface area is 171 Å². The topological polar surface area (TPSA) is 84.9 Å². The number of nitrogens with one attached hydrogen (secondary N) is 1. The average Bonchev–Trinajstić information content (AvgIpc) is 3.12. The number of ether oxygens (including phenoxy) is 2. The second-order valence-corrected chi connectivity index (χ2v) is 7.68. The number of carboxylic acids is 1. The third-order valence-corrected chi connectivity index (χ3v) is 6.28. The Morgan fingerprint density at radius 1 is 1.10 bits per heavy atom. The van der Waals surface area contributed by atoms with E-state index in [1.165, 1.54) is 11.3 Å². The number of carbonyl (C=O) groups excluding carboxylic acids is 1. The second kappa shape index (κ2) is 7.60. The first-order valence-electron chi connectivity index (χ1n) is 9.00. The molecule has 0 spiro atoms. The summed E-state index contributed by atoms with van der Waals surface area (Å²) in [5.41, 5.74) is 2.66. The van der Waals surface area contributed by atoms with Gasteiger partial charge in [0.1, 0.15) is 16.4 Å². The van der Waals surface area contributed by atoms with Crippen molar-refractivity contribution in [3.63, 3.8) is 0 Å². The molecular formula is C22H19NO5S. The largest absolute Gasteiger partial charge is 0.497 e. The van der Waals surface area contributed by atoms with Crippen LogP contribution in [0.4, 0.5) is 5.69 Å². The summed E-state index contributed by atoms with van der Waals surface area (Å²) in [4.78, 5) is 25.6. The zero-order valence-corrected chi connectivity index (χ0v) is 16.7. The summed E-state index contributed by atoms with van der Waals surface area (Å²) in [7, 11) is 3.16. The van der Waals surface area contributed by atoms with Gasteiger partial charge in [0.05, 0.1) is 19.9 Å². The van der Waals surface area contributed by atoms with Gasteiger partial charge in [0, 0.05) is 28.3 Å². The first-order chi connectivity index (χ1) is 14.0. The quantitative estimate of drug-likeness (QED) is 0.643. The minimum Gasteiger partial charge on any atom is -0.497 e. The monoisotopic (exact) mass is 409 g/mol. The molecule has 2 N–H and O–H groups in total. The molecule has 1 unspecified atom stereocenters. The maximum atomic E-state index is 12.6. The van der Waals surface area contributed by atoms with Gasteiger partial charge in [0.25, 0.3) is 0 Å². The van der Waals surface area contributed by atoms with Gasteiger partial charge < -0.3 is 19.9 Å². The summed E-state index contributed by atoms with van der Waals surface area (Å²) in [5.74, 6) is -0.105. The number of carboxylic acid groups (broad SMARTS) is 1. The van der Waals surface area contributed by atoms with Crippen molar-refractivity contribution in [2.24, 2.45) is 0 Å². The molecule has 1 amide bonds. The van der Waals surface area contributed by atoms with Crippen LogP contribution in [0.2, 0.25) is 0 Å². The molecule has 3 aromatic rings. The number of benzene rings is 2. The summed E-state index contributed by atoms with van der Waals surface area (Å²) >= 11 is 1.20. The van der Waals surface area contributed by atoms with Crippen molar-refractivity contribution < 1.29 is 24.2 Å². The van der Waals surface area contributed by atoms with Crippen LogP contribution in [0.3, 0.4) is 0 Å². The SMILES string of the molecule is COc1ccc(-c2c(C(=O)O)sc3c2NC(=O)CC3c2ccccc2OC)cc1. The fraction of sp³-hybridized carbons (Fsp3) is 0.182. The van der Waals surface area contributed by atoms with Crippen molar-refractivity contribution in [1.82, 2.24) is 0 Å². The van der Waals surface area contributed by atoms with Crippen LogP contribution in [0.5, 0.6) is 11.5 Å². The number of rotatable bonds is 5. The van der Waals surface area contributed by atoms with Crippen molar-refractivity contribution in [2.75, 3.05) is 19.5 Å². The lowest BCUT2D eigenvalue weighted by atomic mass is 9.88. The van der Waals surface area contributed by atoms with Crippen LogP contribution in [0.15, 0.2) is 48.5 Å². The molecule has 4 rings (SSSR count). The van der Waals surface area contributed by atoms with Crippen molar-refractivity contribution in [2.45, 2.75) is 12.3 Å². The molecule has 1 aromatic heterocycles. The van der Waals surface area contributed by atoms with Crippen LogP contribution in [0.1, 0.15) is 32.5 Å². The minimum absolute atomic E-state index is 0.155. The Morgan fingerprint density at radius 3 is 2.48 bits per heavy atom. The van der Waals surface area contributed by atoms with Gasteiger partial charge in [-0.05, 0) is 23.8 Å². The number of aromatic carboxylic acids is 1. The number of fused-ring (bicyclic) bond motifs is 1. The number of thiophene rings is 1. The van der Waals surface area contributed by atoms with E-state index in [0.717, 1.165) is 10.4 Å². The molecule has 7 heteroatoms. The van der Waals surface area contributed by atoms with E-state index in [2.05, 4.69) is 5.32 Å². The number of anilines is 1. The fourth-order valence-corrected chi connectivity index (χ4v) is 4.91. The van der Waals surface area contributed by atoms with E-state index >= 15 is 0 Å². The average molecular weight is 409 g/mol. The first kappa shape index (κ1) is 19.0. The van der Waals surface area contributed by atoms with Crippen LogP contribution < -0.4 is 14.8 Å². The van der Waals surface area contributed by atoms with Gasteiger partial charge in [-0.25, -0.2) is 4.79 Å². The zero-order chi connectivity index (χ0) is 20.5. The lowest BCUT2D eigenvalue weighted by Crippen LogP contribution is -2.22. The van der Waals surface area contributed by atoms with Crippen molar-refractivity contribution in [1.29, 1.82) is 0 Å². The lowest BCUT2D eigenvalue weighted by molar-refractivity contribution is -0.116. The third kappa shape index (κ3) is 3.34. The standard InChI is InChI=1S/C22H19NO5S/c1-27-13-9-7-12(8-10-13)18-19-20(29-21(18)22(25)26)15(11-17(24)23-19)14-5-3-4-6-16(14)28-2/h3-10,15H,11H2,1-2H3,(H,23,24)(H,25,26). The minimum atomic E-state index is -1.02. The maximum absolute atomic E-state index is 12.6. The molecule has 0 aliphatic carbocycles. The Kier molecular flexibility index (Phi) is 4.98. The van der Waals surface area contributed by atoms with Crippen molar-refractivity contribution in [3.05, 3.63) is 63.8 Å². The van der Waals surface area contributed by atoms with E-state index in [-0.39, 0.29) is 23.1 Å². The van der Waals surface area contributed by atoms with Crippen LogP contribution in [-0.4, -0.2) is 31.2 Å². The normalized spacial score (nSPS) is 15.4. The molecule has 1 atom stereocenters. The molecule has 0 radical (unpaired) electrons. The second-order valence-electron chi connectivity index (χ2n) is 6.63. The van der Waals surface area contributed by atoms with Gasteiger partial charge in [-0.3, -0.25) is 4.79 Å². The van der Waals surface area contributed by atoms with Gasteiger partial charge >= 0.3 is 5.97 Å². The van der Waals surface area contributed by atoms with Gasteiger partial charge in [-0.2, -0.15) is 0 Å². The zero-order valence-electron chi connectivity index (χ0n) is 15.9. The highest BCUT2D eigenvalue weighted by molar-refractivity contribution is 7.15. The summed E-state index contributed by atoms with van der Waals surface area (Å²) < 4.78 is 10.7. The van der Waals surface area contributed by atoms with E-state index in [1.807, 2.05) is 24.3 Å². The van der Waals surface area contributed by atoms with E-state index < -0.39 is 5.97 Å². The Hall–Kier alpha value is -3.32. The molecule has 29 heavy (non-hydrogen) atoms. The molecule has 1 aliphatic heterocycles. The molecule has 0 saturated heterocycles. The molecule has 0 fully saturated rings. The predicted molar refractivity (Wildman–Crippen MR) is 111 cm³/mol. The number of para-hydroxylation sites is 1. The van der Waals surface area contributed by atoms with Gasteiger partial charge in [-0.15, -0.1) is 11.3 Å². The van der Waals surface area contributed by atoms with E-state index in [9.17, 15) is 14.7 Å². The van der Waals surface area contributed by atoms with Gasteiger partial charge in [0.2, 0.25) is 5.91 Å². The fourth-order valence-electron chi connectivity index (χ4n) is 3.68. The van der Waals surface area contributed by atoms with E-state index in [0.29, 0.717) is 28.3 Å². The van der Waals surface area contributed by atoms with Gasteiger partial charge in [-0.1, -0.05) is 30.3 Å². The van der Waals surface area contributed by atoms with E-state index in [1.54, 1.807) is 38.5 Å².